The molecule has 2 aromatic carbocycles. The lowest BCUT2D eigenvalue weighted by Crippen LogP contribution is -2.23. The minimum Gasteiger partial charge on any atom is -0.348 e. The van der Waals surface area contributed by atoms with Gasteiger partial charge in [0, 0.05) is 23.1 Å². The number of amides is 1. The Hall–Kier alpha value is -1.65. The number of carbonyl (C=O) groups excluding carboxylic acids is 1. The molecule has 0 saturated carbocycles. The second-order valence-electron chi connectivity index (χ2n) is 5.47. The van der Waals surface area contributed by atoms with Gasteiger partial charge in [0.15, 0.2) is 0 Å². The van der Waals surface area contributed by atoms with Crippen LogP contribution in [0.3, 0.4) is 0 Å². The molecular formula is C19H23BrN2O. The molecule has 1 N–H and O–H groups in total. The summed E-state index contributed by atoms with van der Waals surface area (Å²) in [6.45, 7) is 7.91. The van der Waals surface area contributed by atoms with Crippen molar-refractivity contribution < 1.29 is 4.79 Å². The molecule has 0 bridgehead atoms. The molecule has 2 aromatic rings. The van der Waals surface area contributed by atoms with E-state index in [1.54, 1.807) is 0 Å². The predicted molar refractivity (Wildman–Crippen MR) is 98.4 cm³/mol. The van der Waals surface area contributed by atoms with E-state index < -0.39 is 0 Å². The van der Waals surface area contributed by atoms with Crippen LogP contribution in [0.25, 0.3) is 0 Å². The Morgan fingerprint density at radius 3 is 2.43 bits per heavy atom. The van der Waals surface area contributed by atoms with E-state index in [-0.39, 0.29) is 5.91 Å². The zero-order valence-electron chi connectivity index (χ0n) is 13.7. The lowest BCUT2D eigenvalue weighted by Gasteiger charge is -2.18. The van der Waals surface area contributed by atoms with Crippen LogP contribution in [0.4, 0.5) is 0 Å². The molecule has 0 aliphatic rings. The van der Waals surface area contributed by atoms with E-state index in [0.717, 1.165) is 29.7 Å². The van der Waals surface area contributed by atoms with E-state index in [2.05, 4.69) is 58.2 Å². The number of hydrogen-bond acceptors (Lipinski definition) is 2. The van der Waals surface area contributed by atoms with E-state index in [9.17, 15) is 4.79 Å². The van der Waals surface area contributed by atoms with Crippen LogP contribution < -0.4 is 5.32 Å². The summed E-state index contributed by atoms with van der Waals surface area (Å²) in [7, 11) is 0. The second kappa shape index (κ2) is 8.85. The molecule has 4 heteroatoms. The summed E-state index contributed by atoms with van der Waals surface area (Å²) in [4.78, 5) is 14.6. The van der Waals surface area contributed by atoms with Gasteiger partial charge in [-0.05, 0) is 42.4 Å². The van der Waals surface area contributed by atoms with Crippen LogP contribution in [0.15, 0.2) is 53.0 Å². The van der Waals surface area contributed by atoms with Crippen molar-refractivity contribution in [2.75, 3.05) is 13.1 Å². The van der Waals surface area contributed by atoms with Gasteiger partial charge >= 0.3 is 0 Å². The van der Waals surface area contributed by atoms with E-state index >= 15 is 0 Å². The third kappa shape index (κ3) is 5.48. The summed E-state index contributed by atoms with van der Waals surface area (Å²) in [5.41, 5.74) is 3.07. The minimum absolute atomic E-state index is 0.0551. The summed E-state index contributed by atoms with van der Waals surface area (Å²) < 4.78 is 0.909. The van der Waals surface area contributed by atoms with Gasteiger partial charge < -0.3 is 5.32 Å². The largest absolute Gasteiger partial charge is 0.348 e. The molecule has 1 amide bonds. The molecule has 0 atom stereocenters. The third-order valence-corrected chi connectivity index (χ3v) is 4.33. The van der Waals surface area contributed by atoms with Crippen LogP contribution in [0.1, 0.15) is 35.3 Å². The molecule has 0 aliphatic carbocycles. The fourth-order valence-electron chi connectivity index (χ4n) is 2.46. The van der Waals surface area contributed by atoms with Crippen molar-refractivity contribution >= 4 is 21.8 Å². The minimum atomic E-state index is -0.0551. The molecule has 2 rings (SSSR count). The summed E-state index contributed by atoms with van der Waals surface area (Å²) in [6.07, 6.45) is 0. The van der Waals surface area contributed by atoms with Gasteiger partial charge in [0.05, 0.1) is 0 Å². The zero-order chi connectivity index (χ0) is 16.7. The van der Waals surface area contributed by atoms with Crippen LogP contribution >= 0.6 is 15.9 Å². The molecule has 0 aliphatic heterocycles. The molecule has 23 heavy (non-hydrogen) atoms. The Bertz CT molecular complexity index is 653. The van der Waals surface area contributed by atoms with Crippen molar-refractivity contribution in [2.45, 2.75) is 26.9 Å². The monoisotopic (exact) mass is 374 g/mol. The van der Waals surface area contributed by atoms with Crippen molar-refractivity contribution in [2.24, 2.45) is 0 Å². The zero-order valence-corrected chi connectivity index (χ0v) is 15.3. The van der Waals surface area contributed by atoms with Gasteiger partial charge in [-0.2, -0.15) is 0 Å². The lowest BCUT2D eigenvalue weighted by molar-refractivity contribution is 0.0951. The summed E-state index contributed by atoms with van der Waals surface area (Å²) in [5.74, 6) is -0.0551. The molecule has 0 spiro atoms. The molecule has 0 radical (unpaired) electrons. The van der Waals surface area contributed by atoms with Gasteiger partial charge in [-0.1, -0.05) is 60.1 Å². The number of carbonyl (C=O) groups is 1. The normalized spacial score (nSPS) is 10.8. The van der Waals surface area contributed by atoms with Gasteiger partial charge in [-0.15, -0.1) is 0 Å². The van der Waals surface area contributed by atoms with E-state index in [1.165, 1.54) is 5.56 Å². The molecule has 0 saturated heterocycles. The number of halogens is 1. The van der Waals surface area contributed by atoms with Gasteiger partial charge in [-0.3, -0.25) is 9.69 Å². The van der Waals surface area contributed by atoms with Crippen LogP contribution in [0.2, 0.25) is 0 Å². The van der Waals surface area contributed by atoms with Crippen molar-refractivity contribution in [3.8, 4) is 0 Å². The van der Waals surface area contributed by atoms with Crippen molar-refractivity contribution in [3.05, 3.63) is 69.7 Å². The van der Waals surface area contributed by atoms with E-state index in [4.69, 9.17) is 0 Å². The summed E-state index contributed by atoms with van der Waals surface area (Å²) in [6, 6.07) is 15.8. The first-order valence-electron chi connectivity index (χ1n) is 7.96. The smallest absolute Gasteiger partial charge is 0.251 e. The average Bonchev–Trinajstić information content (AvgIpc) is 2.58. The van der Waals surface area contributed by atoms with Crippen LogP contribution in [-0.4, -0.2) is 23.9 Å². The van der Waals surface area contributed by atoms with E-state index in [1.807, 2.05) is 30.3 Å². The van der Waals surface area contributed by atoms with Gasteiger partial charge in [0.2, 0.25) is 0 Å². The molecule has 0 unspecified atom stereocenters. The maximum atomic E-state index is 12.2. The van der Waals surface area contributed by atoms with Gasteiger partial charge in [-0.25, -0.2) is 0 Å². The van der Waals surface area contributed by atoms with Gasteiger partial charge in [0.25, 0.3) is 5.91 Å². The highest BCUT2D eigenvalue weighted by atomic mass is 79.9. The maximum absolute atomic E-state index is 12.2. The first kappa shape index (κ1) is 17.7. The molecule has 122 valence electrons. The number of nitrogens with zero attached hydrogens (tertiary/aromatic N) is 1. The Balaban J connectivity index is 1.96. The highest BCUT2D eigenvalue weighted by Crippen LogP contribution is 2.12. The Morgan fingerprint density at radius 2 is 1.74 bits per heavy atom. The number of hydrogen-bond donors (Lipinski definition) is 1. The van der Waals surface area contributed by atoms with Crippen LogP contribution in [0.5, 0.6) is 0 Å². The van der Waals surface area contributed by atoms with E-state index in [0.29, 0.717) is 12.1 Å². The van der Waals surface area contributed by atoms with Crippen molar-refractivity contribution in [1.29, 1.82) is 0 Å². The summed E-state index contributed by atoms with van der Waals surface area (Å²) in [5, 5.41) is 2.98. The topological polar surface area (TPSA) is 32.3 Å². The van der Waals surface area contributed by atoms with Crippen molar-refractivity contribution in [1.82, 2.24) is 10.2 Å². The maximum Gasteiger partial charge on any atom is 0.251 e. The SMILES string of the molecule is CCN(CC)Cc1cccc(CNC(=O)c2cccc(Br)c2)c1. The fourth-order valence-corrected chi connectivity index (χ4v) is 2.86. The number of nitrogens with one attached hydrogen (secondary N) is 1. The van der Waals surface area contributed by atoms with Gasteiger partial charge in [0.1, 0.15) is 0 Å². The molecule has 0 aromatic heterocycles. The lowest BCUT2D eigenvalue weighted by atomic mass is 10.1. The van der Waals surface area contributed by atoms with Crippen LogP contribution in [-0.2, 0) is 13.1 Å². The fraction of sp³-hybridized carbons (Fsp3) is 0.316. The molecule has 3 nitrogen and oxygen atoms in total. The Kier molecular flexibility index (Phi) is 6.81. The predicted octanol–water partition coefficient (Wildman–Crippen LogP) is 4.22. The quantitative estimate of drug-likeness (QED) is 0.786. The molecule has 0 fully saturated rings. The first-order valence-corrected chi connectivity index (χ1v) is 8.75. The summed E-state index contributed by atoms with van der Waals surface area (Å²) >= 11 is 3.39. The highest BCUT2D eigenvalue weighted by molar-refractivity contribution is 9.10. The standard InChI is InChI=1S/C19H23BrN2O/c1-3-22(4-2)14-16-8-5-7-15(11-16)13-21-19(23)17-9-6-10-18(20)12-17/h5-12H,3-4,13-14H2,1-2H3,(H,21,23). The van der Waals surface area contributed by atoms with Crippen molar-refractivity contribution in [3.63, 3.8) is 0 Å². The number of benzene rings is 2. The Labute approximate surface area is 146 Å². The average molecular weight is 375 g/mol. The Morgan fingerprint density at radius 1 is 1.04 bits per heavy atom. The number of rotatable bonds is 7. The third-order valence-electron chi connectivity index (χ3n) is 3.83. The molecular weight excluding hydrogens is 352 g/mol. The first-order chi connectivity index (χ1) is 11.1. The van der Waals surface area contributed by atoms with Crippen LogP contribution in [0, 0.1) is 0 Å². The highest BCUT2D eigenvalue weighted by Gasteiger charge is 2.06. The second-order valence-corrected chi connectivity index (χ2v) is 6.39. The molecule has 0 heterocycles.